The molecule has 0 unspecified atom stereocenters. The predicted molar refractivity (Wildman–Crippen MR) is 88.9 cm³/mol. The molecule has 1 aromatic carbocycles. The van der Waals surface area contributed by atoms with Crippen molar-refractivity contribution in [2.24, 2.45) is 0 Å². The second-order valence-corrected chi connectivity index (χ2v) is 5.48. The maximum absolute atomic E-state index is 6.16. The molecular formula is C17H23ClN2O. The molecule has 0 saturated carbocycles. The van der Waals surface area contributed by atoms with Crippen LogP contribution >= 0.6 is 11.6 Å². The predicted octanol–water partition coefficient (Wildman–Crippen LogP) is 4.46. The SMILES string of the molecule is CCCNCc1cc(Cl)ccc1N(CC)Cc1ccco1. The summed E-state index contributed by atoms with van der Waals surface area (Å²) < 4.78 is 5.47. The fraction of sp³-hybridized carbons (Fsp3) is 0.412. The summed E-state index contributed by atoms with van der Waals surface area (Å²) in [5.74, 6) is 0.972. The first-order chi connectivity index (χ1) is 10.2. The first-order valence-corrected chi connectivity index (χ1v) is 7.88. The van der Waals surface area contributed by atoms with Crippen molar-refractivity contribution in [1.82, 2.24) is 5.32 Å². The van der Waals surface area contributed by atoms with Crippen LogP contribution in [0.3, 0.4) is 0 Å². The van der Waals surface area contributed by atoms with E-state index in [-0.39, 0.29) is 0 Å². The monoisotopic (exact) mass is 306 g/mol. The maximum atomic E-state index is 6.16. The minimum absolute atomic E-state index is 0.770. The highest BCUT2D eigenvalue weighted by Crippen LogP contribution is 2.26. The Labute approximate surface area is 131 Å². The molecule has 0 saturated heterocycles. The van der Waals surface area contributed by atoms with Crippen LogP contribution in [-0.4, -0.2) is 13.1 Å². The van der Waals surface area contributed by atoms with E-state index in [1.165, 1.54) is 11.3 Å². The molecule has 1 aromatic heterocycles. The van der Waals surface area contributed by atoms with Gasteiger partial charge in [0, 0.05) is 23.8 Å². The third-order valence-electron chi connectivity index (χ3n) is 3.43. The van der Waals surface area contributed by atoms with Crippen molar-refractivity contribution < 1.29 is 4.42 Å². The number of hydrogen-bond donors (Lipinski definition) is 1. The van der Waals surface area contributed by atoms with Gasteiger partial charge >= 0.3 is 0 Å². The second kappa shape index (κ2) is 8.11. The summed E-state index contributed by atoms with van der Waals surface area (Å²) in [4.78, 5) is 2.30. The van der Waals surface area contributed by atoms with Crippen LogP contribution in [0.15, 0.2) is 41.0 Å². The van der Waals surface area contributed by atoms with Crippen LogP contribution in [0.5, 0.6) is 0 Å². The Morgan fingerprint density at radius 1 is 1.24 bits per heavy atom. The zero-order valence-electron chi connectivity index (χ0n) is 12.7. The van der Waals surface area contributed by atoms with Crippen LogP contribution in [0, 0.1) is 0 Å². The van der Waals surface area contributed by atoms with Gasteiger partial charge in [-0.15, -0.1) is 0 Å². The number of hydrogen-bond acceptors (Lipinski definition) is 3. The van der Waals surface area contributed by atoms with Crippen molar-refractivity contribution >= 4 is 17.3 Å². The Bertz CT molecular complexity index is 540. The van der Waals surface area contributed by atoms with Gasteiger partial charge in [-0.2, -0.15) is 0 Å². The molecule has 0 aliphatic carbocycles. The lowest BCUT2D eigenvalue weighted by molar-refractivity contribution is 0.503. The molecule has 0 amide bonds. The summed E-state index contributed by atoms with van der Waals surface area (Å²) in [6.07, 6.45) is 2.84. The average Bonchev–Trinajstić information content (AvgIpc) is 2.99. The Hall–Kier alpha value is -1.45. The zero-order valence-corrected chi connectivity index (χ0v) is 13.5. The number of nitrogens with zero attached hydrogens (tertiary/aromatic N) is 1. The van der Waals surface area contributed by atoms with Crippen molar-refractivity contribution in [1.29, 1.82) is 0 Å². The lowest BCUT2D eigenvalue weighted by Gasteiger charge is -2.25. The van der Waals surface area contributed by atoms with Crippen LogP contribution in [0.1, 0.15) is 31.6 Å². The summed E-state index contributed by atoms with van der Waals surface area (Å²) in [7, 11) is 0. The van der Waals surface area contributed by atoms with E-state index in [0.29, 0.717) is 0 Å². The van der Waals surface area contributed by atoms with Gasteiger partial charge in [-0.25, -0.2) is 0 Å². The summed E-state index contributed by atoms with van der Waals surface area (Å²) in [6.45, 7) is 7.85. The van der Waals surface area contributed by atoms with E-state index in [1.54, 1.807) is 6.26 Å². The maximum Gasteiger partial charge on any atom is 0.123 e. The van der Waals surface area contributed by atoms with Crippen molar-refractivity contribution in [3.8, 4) is 0 Å². The highest BCUT2D eigenvalue weighted by molar-refractivity contribution is 6.30. The third-order valence-corrected chi connectivity index (χ3v) is 3.67. The summed E-state index contributed by atoms with van der Waals surface area (Å²) >= 11 is 6.16. The molecule has 1 N–H and O–H groups in total. The number of furan rings is 1. The normalized spacial score (nSPS) is 10.8. The fourth-order valence-corrected chi connectivity index (χ4v) is 2.56. The molecule has 0 atom stereocenters. The second-order valence-electron chi connectivity index (χ2n) is 5.04. The molecule has 2 rings (SSSR count). The average molecular weight is 307 g/mol. The first-order valence-electron chi connectivity index (χ1n) is 7.51. The summed E-state index contributed by atoms with van der Waals surface area (Å²) in [5, 5.41) is 4.23. The zero-order chi connectivity index (χ0) is 15.1. The molecule has 3 nitrogen and oxygen atoms in total. The van der Waals surface area contributed by atoms with E-state index in [0.717, 1.165) is 43.4 Å². The van der Waals surface area contributed by atoms with Crippen LogP contribution in [0.2, 0.25) is 5.02 Å². The van der Waals surface area contributed by atoms with E-state index in [2.05, 4.69) is 30.1 Å². The van der Waals surface area contributed by atoms with E-state index < -0.39 is 0 Å². The van der Waals surface area contributed by atoms with Crippen molar-refractivity contribution in [3.63, 3.8) is 0 Å². The number of benzene rings is 1. The van der Waals surface area contributed by atoms with Crippen LogP contribution < -0.4 is 10.2 Å². The van der Waals surface area contributed by atoms with Gasteiger partial charge in [0.25, 0.3) is 0 Å². The molecule has 2 aromatic rings. The Morgan fingerprint density at radius 2 is 2.10 bits per heavy atom. The molecule has 0 spiro atoms. The van der Waals surface area contributed by atoms with Gasteiger partial charge in [-0.3, -0.25) is 0 Å². The molecule has 0 radical (unpaired) electrons. The minimum atomic E-state index is 0.770. The topological polar surface area (TPSA) is 28.4 Å². The van der Waals surface area contributed by atoms with Crippen molar-refractivity contribution in [3.05, 3.63) is 52.9 Å². The Morgan fingerprint density at radius 3 is 2.76 bits per heavy atom. The molecule has 1 heterocycles. The molecule has 0 aliphatic heterocycles. The molecule has 0 aliphatic rings. The van der Waals surface area contributed by atoms with Crippen molar-refractivity contribution in [2.45, 2.75) is 33.4 Å². The number of halogens is 1. The van der Waals surface area contributed by atoms with Gasteiger partial charge in [0.1, 0.15) is 5.76 Å². The molecule has 114 valence electrons. The number of anilines is 1. The van der Waals surface area contributed by atoms with E-state index in [9.17, 15) is 0 Å². The van der Waals surface area contributed by atoms with E-state index >= 15 is 0 Å². The molecular weight excluding hydrogens is 284 g/mol. The van der Waals surface area contributed by atoms with Gasteiger partial charge < -0.3 is 14.6 Å². The van der Waals surface area contributed by atoms with Crippen LogP contribution in [0.25, 0.3) is 0 Å². The van der Waals surface area contributed by atoms with E-state index in [1.807, 2.05) is 24.3 Å². The molecule has 0 bridgehead atoms. The quantitative estimate of drug-likeness (QED) is 0.730. The number of rotatable bonds is 8. The van der Waals surface area contributed by atoms with Gasteiger partial charge in [0.2, 0.25) is 0 Å². The molecule has 21 heavy (non-hydrogen) atoms. The lowest BCUT2D eigenvalue weighted by atomic mass is 10.1. The van der Waals surface area contributed by atoms with Gasteiger partial charge in [-0.1, -0.05) is 18.5 Å². The lowest BCUT2D eigenvalue weighted by Crippen LogP contribution is -2.24. The smallest absolute Gasteiger partial charge is 0.123 e. The minimum Gasteiger partial charge on any atom is -0.467 e. The standard InChI is InChI=1S/C17H23ClN2O/c1-3-9-19-12-14-11-15(18)7-8-17(14)20(4-2)13-16-6-5-10-21-16/h5-8,10-11,19H,3-4,9,12-13H2,1-2H3. The van der Waals surface area contributed by atoms with E-state index in [4.69, 9.17) is 16.0 Å². The van der Waals surface area contributed by atoms with Crippen LogP contribution in [0.4, 0.5) is 5.69 Å². The molecule has 4 heteroatoms. The van der Waals surface area contributed by atoms with Gasteiger partial charge in [0.05, 0.1) is 12.8 Å². The third kappa shape index (κ3) is 4.51. The summed E-state index contributed by atoms with van der Waals surface area (Å²) in [5.41, 5.74) is 2.44. The first kappa shape index (κ1) is 15.9. The fourth-order valence-electron chi connectivity index (χ4n) is 2.36. The van der Waals surface area contributed by atoms with Crippen molar-refractivity contribution in [2.75, 3.05) is 18.0 Å². The Balaban J connectivity index is 2.18. The van der Waals surface area contributed by atoms with Gasteiger partial charge in [0.15, 0.2) is 0 Å². The summed E-state index contributed by atoms with van der Waals surface area (Å²) in [6, 6.07) is 10.0. The highest BCUT2D eigenvalue weighted by atomic mass is 35.5. The molecule has 0 fully saturated rings. The largest absolute Gasteiger partial charge is 0.467 e. The highest BCUT2D eigenvalue weighted by Gasteiger charge is 2.12. The van der Waals surface area contributed by atoms with Gasteiger partial charge in [-0.05, 0) is 55.8 Å². The Kier molecular flexibility index (Phi) is 6.15. The van der Waals surface area contributed by atoms with Crippen LogP contribution in [-0.2, 0) is 13.1 Å². The number of nitrogens with one attached hydrogen (secondary N) is 1.